The van der Waals surface area contributed by atoms with E-state index < -0.39 is 0 Å². The Balaban J connectivity index is 1.35. The van der Waals surface area contributed by atoms with Crippen LogP contribution in [-0.4, -0.2) is 37.7 Å². The van der Waals surface area contributed by atoms with Gasteiger partial charge in [-0.25, -0.2) is 9.37 Å². The first-order valence-corrected chi connectivity index (χ1v) is 9.92. The van der Waals surface area contributed by atoms with E-state index in [0.717, 1.165) is 55.5 Å². The van der Waals surface area contributed by atoms with Gasteiger partial charge in [0, 0.05) is 24.9 Å². The first-order chi connectivity index (χ1) is 13.2. The molecule has 3 heterocycles. The molecule has 1 aliphatic heterocycles. The third kappa shape index (κ3) is 3.14. The minimum absolute atomic E-state index is 0.253. The van der Waals surface area contributed by atoms with Gasteiger partial charge in [0.05, 0.1) is 12.1 Å². The third-order valence-corrected chi connectivity index (χ3v) is 5.74. The molecule has 1 saturated carbocycles. The van der Waals surface area contributed by atoms with Crippen LogP contribution >= 0.6 is 0 Å². The Bertz CT molecular complexity index is 961. The highest BCUT2D eigenvalue weighted by Gasteiger charge is 2.32. The van der Waals surface area contributed by atoms with Gasteiger partial charge in [0.25, 0.3) is 0 Å². The normalized spacial score (nSPS) is 21.2. The number of likely N-dealkylation sites (tertiary alicyclic amines) is 1. The number of fused-ring (bicyclic) bond motifs is 1. The van der Waals surface area contributed by atoms with Gasteiger partial charge in [-0.15, -0.1) is 0 Å². The molecule has 27 heavy (non-hydrogen) atoms. The fraction of sp³-hybridized carbons (Fsp3) is 0.550. The smallest absolute Gasteiger partial charge is 0.229 e. The maximum Gasteiger partial charge on any atom is 0.229 e. The van der Waals surface area contributed by atoms with Crippen LogP contribution < -0.4 is 0 Å². The Morgan fingerprint density at radius 3 is 2.89 bits per heavy atom. The SMILES string of the molecule is CCn1c(CN2CCC[C@H](c3noc(C4CC4)n3)C2)nc2c(F)cccc21. The lowest BCUT2D eigenvalue weighted by molar-refractivity contribution is 0.189. The van der Waals surface area contributed by atoms with Gasteiger partial charge in [-0.3, -0.25) is 4.90 Å². The lowest BCUT2D eigenvalue weighted by atomic mass is 9.97. The van der Waals surface area contributed by atoms with Crippen LogP contribution in [0.15, 0.2) is 22.7 Å². The molecule has 6 nitrogen and oxygen atoms in total. The Kier molecular flexibility index (Phi) is 4.19. The number of para-hydroxylation sites is 1. The number of imidazole rings is 1. The van der Waals surface area contributed by atoms with Gasteiger partial charge in [-0.2, -0.15) is 4.98 Å². The minimum Gasteiger partial charge on any atom is -0.339 e. The maximum absolute atomic E-state index is 14.1. The van der Waals surface area contributed by atoms with Crippen molar-refractivity contribution in [3.05, 3.63) is 41.6 Å². The van der Waals surface area contributed by atoms with Crippen LogP contribution in [0.5, 0.6) is 0 Å². The van der Waals surface area contributed by atoms with Crippen molar-refractivity contribution in [2.45, 2.75) is 57.5 Å². The average Bonchev–Trinajstić information content (AvgIpc) is 3.29. The lowest BCUT2D eigenvalue weighted by Gasteiger charge is -2.30. The van der Waals surface area contributed by atoms with E-state index in [2.05, 4.69) is 31.5 Å². The van der Waals surface area contributed by atoms with E-state index in [1.54, 1.807) is 6.07 Å². The second-order valence-electron chi connectivity index (χ2n) is 7.72. The van der Waals surface area contributed by atoms with E-state index in [9.17, 15) is 4.39 Å². The predicted octanol–water partition coefficient (Wildman–Crippen LogP) is 3.84. The molecule has 0 bridgehead atoms. The zero-order valence-corrected chi connectivity index (χ0v) is 15.6. The summed E-state index contributed by atoms with van der Waals surface area (Å²) in [7, 11) is 0. The highest BCUT2D eigenvalue weighted by Crippen LogP contribution is 2.39. The number of aryl methyl sites for hydroxylation is 1. The summed E-state index contributed by atoms with van der Waals surface area (Å²) in [4.78, 5) is 11.6. The highest BCUT2D eigenvalue weighted by atomic mass is 19.1. The summed E-state index contributed by atoms with van der Waals surface area (Å²) in [6.07, 6.45) is 4.52. The van der Waals surface area contributed by atoms with Gasteiger partial charge in [0.1, 0.15) is 11.3 Å². The van der Waals surface area contributed by atoms with Gasteiger partial charge in [-0.05, 0) is 51.3 Å². The van der Waals surface area contributed by atoms with E-state index in [1.807, 2.05) is 6.07 Å². The summed E-state index contributed by atoms with van der Waals surface area (Å²) in [5, 5.41) is 4.24. The topological polar surface area (TPSA) is 60.0 Å². The summed E-state index contributed by atoms with van der Waals surface area (Å²) >= 11 is 0. The highest BCUT2D eigenvalue weighted by molar-refractivity contribution is 5.76. The number of piperidine rings is 1. The first-order valence-electron chi connectivity index (χ1n) is 9.92. The molecular weight excluding hydrogens is 345 g/mol. The summed E-state index contributed by atoms with van der Waals surface area (Å²) < 4.78 is 21.7. The molecule has 0 radical (unpaired) electrons. The fourth-order valence-electron chi connectivity index (χ4n) is 4.15. The molecule has 0 N–H and O–H groups in total. The van der Waals surface area contributed by atoms with Gasteiger partial charge in [0.2, 0.25) is 5.89 Å². The third-order valence-electron chi connectivity index (χ3n) is 5.74. The van der Waals surface area contributed by atoms with Crippen LogP contribution in [0.1, 0.15) is 62.0 Å². The molecule has 1 aliphatic carbocycles. The van der Waals surface area contributed by atoms with Crippen molar-refractivity contribution in [1.82, 2.24) is 24.6 Å². The van der Waals surface area contributed by atoms with Crippen LogP contribution in [0.25, 0.3) is 11.0 Å². The van der Waals surface area contributed by atoms with Crippen LogP contribution in [0.3, 0.4) is 0 Å². The number of hydrogen-bond donors (Lipinski definition) is 0. The van der Waals surface area contributed by atoms with Crippen molar-refractivity contribution in [3.8, 4) is 0 Å². The summed E-state index contributed by atoms with van der Waals surface area (Å²) in [5.74, 6) is 3.11. The molecular formula is C20H24FN5O. The lowest BCUT2D eigenvalue weighted by Crippen LogP contribution is -2.35. The van der Waals surface area contributed by atoms with Gasteiger partial charge >= 0.3 is 0 Å². The molecule has 0 spiro atoms. The van der Waals surface area contributed by atoms with Crippen molar-refractivity contribution >= 4 is 11.0 Å². The standard InChI is InChI=1S/C20H24FN5O/c1-2-26-16-7-3-6-15(21)18(16)22-17(26)12-25-10-4-5-14(11-25)19-23-20(27-24-19)13-8-9-13/h3,6-7,13-14H,2,4-5,8-12H2,1H3/t14-/m0/s1. The molecule has 2 aliphatic rings. The summed E-state index contributed by atoms with van der Waals surface area (Å²) in [5.41, 5.74) is 1.34. The Labute approximate surface area is 157 Å². The molecule has 142 valence electrons. The monoisotopic (exact) mass is 369 g/mol. The average molecular weight is 369 g/mol. The zero-order valence-electron chi connectivity index (χ0n) is 15.6. The van der Waals surface area contributed by atoms with E-state index in [1.165, 1.54) is 18.9 Å². The number of aromatic nitrogens is 4. The van der Waals surface area contributed by atoms with Crippen molar-refractivity contribution in [2.24, 2.45) is 0 Å². The van der Waals surface area contributed by atoms with Crippen LogP contribution in [0, 0.1) is 5.82 Å². The molecule has 0 unspecified atom stereocenters. The Hall–Kier alpha value is -2.28. The number of rotatable bonds is 5. The summed E-state index contributed by atoms with van der Waals surface area (Å²) in [6.45, 7) is 5.47. The molecule has 1 saturated heterocycles. The van der Waals surface area contributed by atoms with Crippen LogP contribution in [0.4, 0.5) is 4.39 Å². The maximum atomic E-state index is 14.1. The molecule has 5 rings (SSSR count). The number of halogens is 1. The van der Waals surface area contributed by atoms with E-state index in [0.29, 0.717) is 23.9 Å². The Morgan fingerprint density at radius 1 is 1.19 bits per heavy atom. The number of benzene rings is 1. The van der Waals surface area contributed by atoms with Crippen molar-refractivity contribution < 1.29 is 8.91 Å². The fourth-order valence-corrected chi connectivity index (χ4v) is 4.15. The quantitative estimate of drug-likeness (QED) is 0.684. The van der Waals surface area contributed by atoms with Crippen molar-refractivity contribution in [3.63, 3.8) is 0 Å². The molecule has 2 fully saturated rings. The molecule has 3 aromatic rings. The minimum atomic E-state index is -0.253. The Morgan fingerprint density at radius 2 is 2.07 bits per heavy atom. The predicted molar refractivity (Wildman–Crippen MR) is 98.9 cm³/mol. The second-order valence-corrected chi connectivity index (χ2v) is 7.72. The molecule has 2 aromatic heterocycles. The van der Waals surface area contributed by atoms with Crippen LogP contribution in [0.2, 0.25) is 0 Å². The van der Waals surface area contributed by atoms with E-state index in [4.69, 9.17) is 4.52 Å². The van der Waals surface area contributed by atoms with Gasteiger partial charge in [0.15, 0.2) is 11.6 Å². The van der Waals surface area contributed by atoms with Crippen molar-refractivity contribution in [1.29, 1.82) is 0 Å². The molecule has 7 heteroatoms. The summed E-state index contributed by atoms with van der Waals surface area (Å²) in [6, 6.07) is 5.17. The largest absolute Gasteiger partial charge is 0.339 e. The van der Waals surface area contributed by atoms with Gasteiger partial charge < -0.3 is 9.09 Å². The van der Waals surface area contributed by atoms with Gasteiger partial charge in [-0.1, -0.05) is 11.2 Å². The molecule has 0 amide bonds. The number of hydrogen-bond acceptors (Lipinski definition) is 5. The number of nitrogens with zero attached hydrogens (tertiary/aromatic N) is 5. The molecule has 1 aromatic carbocycles. The van der Waals surface area contributed by atoms with Crippen LogP contribution in [-0.2, 0) is 13.1 Å². The van der Waals surface area contributed by atoms with E-state index >= 15 is 0 Å². The molecule has 1 atom stereocenters. The van der Waals surface area contributed by atoms with Crippen molar-refractivity contribution in [2.75, 3.05) is 13.1 Å². The first kappa shape index (κ1) is 16.9. The van der Waals surface area contributed by atoms with E-state index in [-0.39, 0.29) is 5.82 Å². The zero-order chi connectivity index (χ0) is 18.4. The second kappa shape index (κ2) is 6.71.